The van der Waals surface area contributed by atoms with Crippen molar-refractivity contribution in [3.8, 4) is 0 Å². The van der Waals surface area contributed by atoms with E-state index in [9.17, 15) is 4.39 Å². The van der Waals surface area contributed by atoms with Gasteiger partial charge in [-0.15, -0.1) is 0 Å². The average Bonchev–Trinajstić information content (AvgIpc) is 2.33. The fourth-order valence-corrected chi connectivity index (χ4v) is 1.36. The molecule has 0 aliphatic heterocycles. The van der Waals surface area contributed by atoms with Crippen LogP contribution in [0.3, 0.4) is 0 Å². The first-order valence-corrected chi connectivity index (χ1v) is 3.86. The van der Waals surface area contributed by atoms with Crippen LogP contribution in [0, 0.1) is 5.95 Å². The van der Waals surface area contributed by atoms with Crippen molar-refractivity contribution in [1.29, 1.82) is 0 Å². The predicted molar refractivity (Wildman–Crippen MR) is 43.8 cm³/mol. The number of nitrogens with zero attached hydrogens (tertiary/aromatic N) is 1. The van der Waals surface area contributed by atoms with Crippen molar-refractivity contribution in [3.63, 3.8) is 0 Å². The number of pyridine rings is 1. The Labute approximate surface area is 70.6 Å². The van der Waals surface area contributed by atoms with Gasteiger partial charge in [0.15, 0.2) is 0 Å². The van der Waals surface area contributed by atoms with Gasteiger partial charge in [-0.3, -0.25) is 0 Å². The normalized spacial score (nSPS) is 10.7. The maximum Gasteiger partial charge on any atom is 0.213 e. The van der Waals surface area contributed by atoms with E-state index in [1.54, 1.807) is 12.3 Å². The Balaban J connectivity index is 2.87. The Kier molecular flexibility index (Phi) is 1.42. The Bertz CT molecular complexity index is 396. The lowest BCUT2D eigenvalue weighted by atomic mass is 10.4. The second-order valence-electron chi connectivity index (χ2n) is 2.17. The number of rotatable bonds is 0. The van der Waals surface area contributed by atoms with Crippen molar-refractivity contribution >= 4 is 27.0 Å². The first-order chi connectivity index (χ1) is 5.27. The van der Waals surface area contributed by atoms with Gasteiger partial charge in [0.1, 0.15) is 5.52 Å². The van der Waals surface area contributed by atoms with Crippen LogP contribution >= 0.6 is 15.9 Å². The Morgan fingerprint density at radius 2 is 2.27 bits per heavy atom. The largest absolute Gasteiger partial charge is 0.359 e. The maximum absolute atomic E-state index is 12.5. The maximum atomic E-state index is 12.5. The average molecular weight is 215 g/mol. The summed E-state index contributed by atoms with van der Waals surface area (Å²) in [6, 6.07) is 2.98. The first-order valence-electron chi connectivity index (χ1n) is 3.06. The monoisotopic (exact) mass is 214 g/mol. The number of H-pyrrole nitrogens is 1. The fraction of sp³-hybridized carbons (Fsp3) is 0. The van der Waals surface area contributed by atoms with Crippen LogP contribution in [0.2, 0.25) is 0 Å². The molecular weight excluding hydrogens is 211 g/mol. The number of nitrogens with one attached hydrogen (secondary N) is 1. The van der Waals surface area contributed by atoms with Crippen molar-refractivity contribution < 1.29 is 4.39 Å². The molecule has 0 fully saturated rings. The Hall–Kier alpha value is -0.900. The zero-order valence-corrected chi connectivity index (χ0v) is 7.02. The quantitative estimate of drug-likeness (QED) is 0.671. The summed E-state index contributed by atoms with van der Waals surface area (Å²) in [5.41, 5.74) is 1.46. The van der Waals surface area contributed by atoms with Crippen molar-refractivity contribution in [2.75, 3.05) is 0 Å². The molecule has 1 N–H and O–H groups in total. The molecule has 4 heteroatoms. The van der Waals surface area contributed by atoms with Gasteiger partial charge in [0, 0.05) is 6.20 Å². The van der Waals surface area contributed by atoms with Crippen LogP contribution in [0.5, 0.6) is 0 Å². The third kappa shape index (κ3) is 1.03. The van der Waals surface area contributed by atoms with Gasteiger partial charge >= 0.3 is 0 Å². The highest BCUT2D eigenvalue weighted by molar-refractivity contribution is 9.10. The van der Waals surface area contributed by atoms with E-state index in [1.165, 1.54) is 6.07 Å². The minimum absolute atomic E-state index is 0.460. The topological polar surface area (TPSA) is 28.7 Å². The molecule has 2 heterocycles. The van der Waals surface area contributed by atoms with Crippen molar-refractivity contribution in [1.82, 2.24) is 9.97 Å². The molecule has 0 spiro atoms. The molecule has 0 unspecified atom stereocenters. The van der Waals surface area contributed by atoms with Gasteiger partial charge in [0.05, 0.1) is 9.99 Å². The van der Waals surface area contributed by atoms with Crippen LogP contribution in [0.1, 0.15) is 0 Å². The van der Waals surface area contributed by atoms with Crippen molar-refractivity contribution in [2.24, 2.45) is 0 Å². The zero-order valence-electron chi connectivity index (χ0n) is 5.44. The number of aromatic amines is 1. The molecule has 0 saturated carbocycles. The van der Waals surface area contributed by atoms with Gasteiger partial charge in [-0.05, 0) is 28.1 Å². The lowest BCUT2D eigenvalue weighted by Gasteiger charge is -1.88. The molecule has 0 aliphatic rings. The SMILES string of the molecule is Fc1ccc2[nH]cc(Br)c2n1. The van der Waals surface area contributed by atoms with E-state index in [1.807, 2.05) is 0 Å². The molecule has 11 heavy (non-hydrogen) atoms. The smallest absolute Gasteiger partial charge is 0.213 e. The highest BCUT2D eigenvalue weighted by Crippen LogP contribution is 2.20. The van der Waals surface area contributed by atoms with E-state index in [-0.39, 0.29) is 0 Å². The minimum atomic E-state index is -0.460. The number of hydrogen-bond acceptors (Lipinski definition) is 1. The number of hydrogen-bond donors (Lipinski definition) is 1. The number of halogens is 2. The summed E-state index contributed by atoms with van der Waals surface area (Å²) >= 11 is 3.24. The van der Waals surface area contributed by atoms with Gasteiger partial charge in [-0.1, -0.05) is 0 Å². The van der Waals surface area contributed by atoms with Gasteiger partial charge in [0.25, 0.3) is 0 Å². The lowest BCUT2D eigenvalue weighted by Crippen LogP contribution is -1.80. The van der Waals surface area contributed by atoms with Gasteiger partial charge < -0.3 is 4.98 Å². The van der Waals surface area contributed by atoms with Crippen molar-refractivity contribution in [2.45, 2.75) is 0 Å². The summed E-state index contributed by atoms with van der Waals surface area (Å²) in [4.78, 5) is 6.63. The molecule has 56 valence electrons. The second-order valence-corrected chi connectivity index (χ2v) is 3.02. The molecule has 2 aromatic rings. The summed E-state index contributed by atoms with van der Waals surface area (Å²) < 4.78 is 13.3. The van der Waals surface area contributed by atoms with Gasteiger partial charge in [-0.25, -0.2) is 4.98 Å². The van der Waals surface area contributed by atoms with E-state index in [0.717, 1.165) is 9.99 Å². The standard InChI is InChI=1S/C7H4BrFN2/c8-4-3-10-5-1-2-6(9)11-7(4)5/h1-3,10H. The Morgan fingerprint density at radius 1 is 1.45 bits per heavy atom. The van der Waals surface area contributed by atoms with Crippen LogP contribution in [-0.2, 0) is 0 Å². The highest BCUT2D eigenvalue weighted by Gasteiger charge is 2.02. The molecule has 0 aliphatic carbocycles. The number of aromatic nitrogens is 2. The van der Waals surface area contributed by atoms with E-state index in [4.69, 9.17) is 0 Å². The molecule has 2 nitrogen and oxygen atoms in total. The Morgan fingerprint density at radius 3 is 3.09 bits per heavy atom. The van der Waals surface area contributed by atoms with Crippen LogP contribution in [-0.4, -0.2) is 9.97 Å². The molecule has 2 aromatic heterocycles. The van der Waals surface area contributed by atoms with Crippen LogP contribution in [0.15, 0.2) is 22.8 Å². The number of fused-ring (bicyclic) bond motifs is 1. The van der Waals surface area contributed by atoms with E-state index < -0.39 is 5.95 Å². The zero-order chi connectivity index (χ0) is 7.84. The summed E-state index contributed by atoms with van der Waals surface area (Å²) in [5, 5.41) is 0. The van der Waals surface area contributed by atoms with Crippen molar-refractivity contribution in [3.05, 3.63) is 28.7 Å². The minimum Gasteiger partial charge on any atom is -0.359 e. The molecule has 0 bridgehead atoms. The summed E-state index contributed by atoms with van der Waals surface area (Å²) in [5.74, 6) is -0.460. The summed E-state index contributed by atoms with van der Waals surface area (Å²) in [7, 11) is 0. The van der Waals surface area contributed by atoms with Gasteiger partial charge in [0.2, 0.25) is 5.95 Å². The third-order valence-corrected chi connectivity index (χ3v) is 2.05. The lowest BCUT2D eigenvalue weighted by molar-refractivity contribution is 0.589. The summed E-state index contributed by atoms with van der Waals surface area (Å²) in [6.07, 6.45) is 1.73. The molecule has 0 saturated heterocycles. The van der Waals surface area contributed by atoms with E-state index >= 15 is 0 Å². The molecule has 0 aromatic carbocycles. The molecule has 0 amide bonds. The predicted octanol–water partition coefficient (Wildman–Crippen LogP) is 2.46. The van der Waals surface area contributed by atoms with Crippen LogP contribution in [0.25, 0.3) is 11.0 Å². The first kappa shape index (κ1) is 6.79. The summed E-state index contributed by atoms with van der Waals surface area (Å²) in [6.45, 7) is 0. The third-order valence-electron chi connectivity index (χ3n) is 1.44. The molecular formula is C7H4BrFN2. The second kappa shape index (κ2) is 2.30. The van der Waals surface area contributed by atoms with Gasteiger partial charge in [-0.2, -0.15) is 4.39 Å². The molecule has 0 radical (unpaired) electrons. The van der Waals surface area contributed by atoms with E-state index in [0.29, 0.717) is 5.52 Å². The van der Waals surface area contributed by atoms with Crippen LogP contribution in [0.4, 0.5) is 4.39 Å². The fourth-order valence-electron chi connectivity index (χ4n) is 0.943. The highest BCUT2D eigenvalue weighted by atomic mass is 79.9. The van der Waals surface area contributed by atoms with E-state index in [2.05, 4.69) is 25.9 Å². The molecule has 2 rings (SSSR count). The van der Waals surface area contributed by atoms with Crippen LogP contribution < -0.4 is 0 Å². The molecule has 0 atom stereocenters.